The molecule has 0 atom stereocenters. The highest BCUT2D eigenvalue weighted by Crippen LogP contribution is 1.97. The summed E-state index contributed by atoms with van der Waals surface area (Å²) in [6, 6.07) is 0. The van der Waals surface area contributed by atoms with Crippen LogP contribution in [0.1, 0.15) is 11.3 Å². The van der Waals surface area contributed by atoms with Gasteiger partial charge in [0.15, 0.2) is 0 Å². The van der Waals surface area contributed by atoms with Crippen LogP contribution in [0.3, 0.4) is 0 Å². The number of aromatic nitrogens is 2. The van der Waals surface area contributed by atoms with Gasteiger partial charge >= 0.3 is 5.69 Å². The summed E-state index contributed by atoms with van der Waals surface area (Å²) in [5.41, 5.74) is 0.529. The van der Waals surface area contributed by atoms with Gasteiger partial charge in [-0.2, -0.15) is 0 Å². The molecule has 12 heavy (non-hydrogen) atoms. The molecule has 4 nitrogen and oxygen atoms in total. The lowest BCUT2D eigenvalue weighted by Crippen LogP contribution is -2.27. The normalized spacial score (nSPS) is 10.2. The molecule has 2 N–H and O–H groups in total. The van der Waals surface area contributed by atoms with E-state index < -0.39 is 5.69 Å². The van der Waals surface area contributed by atoms with E-state index in [0.29, 0.717) is 23.0 Å². The molecule has 0 saturated heterocycles. The Morgan fingerprint density at radius 2 is 2.00 bits per heavy atom. The quantitative estimate of drug-likeness (QED) is 0.722. The molecule has 0 amide bonds. The molecule has 1 aromatic rings. The van der Waals surface area contributed by atoms with Crippen molar-refractivity contribution in [2.45, 2.75) is 13.3 Å². The van der Waals surface area contributed by atoms with E-state index in [4.69, 9.17) is 0 Å². The van der Waals surface area contributed by atoms with E-state index in [2.05, 4.69) is 25.9 Å². The molecule has 0 saturated carbocycles. The summed E-state index contributed by atoms with van der Waals surface area (Å²) < 4.78 is 0. The van der Waals surface area contributed by atoms with Crippen molar-refractivity contribution in [1.82, 2.24) is 9.97 Å². The Morgan fingerprint density at radius 1 is 1.33 bits per heavy atom. The smallest absolute Gasteiger partial charge is 0.311 e. The third-order valence-electron chi connectivity index (χ3n) is 1.60. The van der Waals surface area contributed by atoms with Crippen LogP contribution in [0, 0.1) is 6.92 Å². The maximum atomic E-state index is 11.2. The first-order chi connectivity index (χ1) is 5.65. The predicted octanol–water partition coefficient (Wildman–Crippen LogP) is 0.309. The molecule has 5 heteroatoms. The van der Waals surface area contributed by atoms with Gasteiger partial charge in [-0.1, -0.05) is 15.9 Å². The Hall–Kier alpha value is -0.840. The van der Waals surface area contributed by atoms with Gasteiger partial charge < -0.3 is 4.98 Å². The van der Waals surface area contributed by atoms with Crippen LogP contribution in [-0.2, 0) is 6.42 Å². The van der Waals surface area contributed by atoms with Crippen molar-refractivity contribution in [2.75, 3.05) is 5.33 Å². The average Bonchev–Trinajstić information content (AvgIpc) is 1.96. The highest BCUT2D eigenvalue weighted by atomic mass is 79.9. The lowest BCUT2D eigenvalue weighted by atomic mass is 10.2. The van der Waals surface area contributed by atoms with Gasteiger partial charge in [-0.25, -0.2) is 4.79 Å². The SMILES string of the molecule is Cc1[nH]c(=O)[nH]c(=O)c1CCBr. The molecule has 0 bridgehead atoms. The Kier molecular flexibility index (Phi) is 2.86. The molecule has 0 aromatic carbocycles. The maximum absolute atomic E-state index is 11.2. The van der Waals surface area contributed by atoms with E-state index in [9.17, 15) is 9.59 Å². The van der Waals surface area contributed by atoms with Gasteiger partial charge in [0.2, 0.25) is 0 Å². The number of hydrogen-bond donors (Lipinski definition) is 2. The minimum absolute atomic E-state index is 0.296. The third kappa shape index (κ3) is 1.85. The number of aromatic amines is 2. The zero-order valence-corrected chi connectivity index (χ0v) is 8.19. The topological polar surface area (TPSA) is 65.7 Å². The molecule has 0 fully saturated rings. The Labute approximate surface area is 77.2 Å². The van der Waals surface area contributed by atoms with E-state index in [1.54, 1.807) is 6.92 Å². The van der Waals surface area contributed by atoms with Crippen LogP contribution in [0.2, 0.25) is 0 Å². The standard InChI is InChI=1S/C7H9BrN2O2/c1-4-5(2-3-8)6(11)10-7(12)9-4/h2-3H2,1H3,(H2,9,10,11,12). The maximum Gasteiger partial charge on any atom is 0.325 e. The number of H-pyrrole nitrogens is 2. The highest BCUT2D eigenvalue weighted by molar-refractivity contribution is 9.09. The average molecular weight is 233 g/mol. The molecule has 1 aromatic heterocycles. The largest absolute Gasteiger partial charge is 0.325 e. The van der Waals surface area contributed by atoms with Gasteiger partial charge in [-0.15, -0.1) is 0 Å². The molecular formula is C7H9BrN2O2. The molecule has 0 aliphatic carbocycles. The monoisotopic (exact) mass is 232 g/mol. The van der Waals surface area contributed by atoms with Gasteiger partial charge in [0.05, 0.1) is 0 Å². The molecular weight excluding hydrogens is 224 g/mol. The molecule has 0 unspecified atom stereocenters. The van der Waals surface area contributed by atoms with Gasteiger partial charge in [-0.3, -0.25) is 9.78 Å². The highest BCUT2D eigenvalue weighted by Gasteiger charge is 2.03. The van der Waals surface area contributed by atoms with Crippen LogP contribution in [0.15, 0.2) is 9.59 Å². The number of halogens is 1. The second-order valence-electron chi connectivity index (χ2n) is 2.45. The third-order valence-corrected chi connectivity index (χ3v) is 2.00. The lowest BCUT2D eigenvalue weighted by Gasteiger charge is -1.99. The summed E-state index contributed by atoms with van der Waals surface area (Å²) in [6.07, 6.45) is 0.623. The molecule has 0 aliphatic heterocycles. The summed E-state index contributed by atoms with van der Waals surface area (Å²) >= 11 is 3.23. The minimum Gasteiger partial charge on any atom is -0.311 e. The van der Waals surface area contributed by atoms with Crippen LogP contribution >= 0.6 is 15.9 Å². The Bertz CT molecular complexity index is 380. The van der Waals surface area contributed by atoms with E-state index in [1.165, 1.54) is 0 Å². The fourth-order valence-electron chi connectivity index (χ4n) is 1.02. The first kappa shape index (κ1) is 9.25. The molecule has 66 valence electrons. The van der Waals surface area contributed by atoms with Crippen molar-refractivity contribution in [2.24, 2.45) is 0 Å². The number of alkyl halides is 1. The minimum atomic E-state index is -0.448. The van der Waals surface area contributed by atoms with Crippen LogP contribution in [0.25, 0.3) is 0 Å². The van der Waals surface area contributed by atoms with Crippen molar-refractivity contribution in [1.29, 1.82) is 0 Å². The summed E-state index contributed by atoms with van der Waals surface area (Å²) in [5.74, 6) is 0. The van der Waals surface area contributed by atoms with Crippen LogP contribution in [-0.4, -0.2) is 15.3 Å². The zero-order valence-electron chi connectivity index (χ0n) is 6.61. The summed E-state index contributed by atoms with van der Waals surface area (Å²) in [5, 5.41) is 0.711. The summed E-state index contributed by atoms with van der Waals surface area (Å²) in [4.78, 5) is 26.6. The first-order valence-corrected chi connectivity index (χ1v) is 4.65. The van der Waals surface area contributed by atoms with Crippen molar-refractivity contribution in [3.8, 4) is 0 Å². The number of nitrogens with one attached hydrogen (secondary N) is 2. The summed E-state index contributed by atoms with van der Waals surface area (Å²) in [6.45, 7) is 1.72. The summed E-state index contributed by atoms with van der Waals surface area (Å²) in [7, 11) is 0. The van der Waals surface area contributed by atoms with Crippen molar-refractivity contribution in [3.05, 3.63) is 32.1 Å². The fraction of sp³-hybridized carbons (Fsp3) is 0.429. The van der Waals surface area contributed by atoms with Crippen LogP contribution in [0.5, 0.6) is 0 Å². The Balaban J connectivity index is 3.29. The van der Waals surface area contributed by atoms with Crippen LogP contribution in [0.4, 0.5) is 0 Å². The number of rotatable bonds is 2. The second-order valence-corrected chi connectivity index (χ2v) is 3.24. The van der Waals surface area contributed by atoms with Gasteiger partial charge in [0.25, 0.3) is 5.56 Å². The molecule has 0 aliphatic rings. The van der Waals surface area contributed by atoms with Crippen molar-refractivity contribution < 1.29 is 0 Å². The molecule has 1 rings (SSSR count). The molecule has 0 spiro atoms. The van der Waals surface area contributed by atoms with Gasteiger partial charge in [0, 0.05) is 16.6 Å². The van der Waals surface area contributed by atoms with Crippen LogP contribution < -0.4 is 11.2 Å². The molecule has 1 heterocycles. The van der Waals surface area contributed by atoms with Crippen molar-refractivity contribution >= 4 is 15.9 Å². The number of hydrogen-bond acceptors (Lipinski definition) is 2. The number of aryl methyl sites for hydroxylation is 1. The Morgan fingerprint density at radius 3 is 2.50 bits per heavy atom. The predicted molar refractivity (Wildman–Crippen MR) is 49.9 cm³/mol. The van der Waals surface area contributed by atoms with Gasteiger partial charge in [0.1, 0.15) is 0 Å². The van der Waals surface area contributed by atoms with E-state index >= 15 is 0 Å². The van der Waals surface area contributed by atoms with Gasteiger partial charge in [-0.05, 0) is 13.3 Å². The lowest BCUT2D eigenvalue weighted by molar-refractivity contribution is 0.927. The van der Waals surface area contributed by atoms with E-state index in [0.717, 1.165) is 0 Å². The first-order valence-electron chi connectivity index (χ1n) is 3.53. The fourth-order valence-corrected chi connectivity index (χ4v) is 1.42. The second kappa shape index (κ2) is 3.71. The molecule has 0 radical (unpaired) electrons. The van der Waals surface area contributed by atoms with Crippen molar-refractivity contribution in [3.63, 3.8) is 0 Å². The van der Waals surface area contributed by atoms with E-state index in [-0.39, 0.29) is 5.56 Å². The van der Waals surface area contributed by atoms with E-state index in [1.807, 2.05) is 0 Å². The zero-order chi connectivity index (χ0) is 9.14.